The predicted octanol–water partition coefficient (Wildman–Crippen LogP) is 3.02. The molecule has 0 fully saturated rings. The molecule has 102 valence electrons. The highest BCUT2D eigenvalue weighted by atomic mass is 79.9. The van der Waals surface area contributed by atoms with Gasteiger partial charge in [-0.25, -0.2) is 0 Å². The lowest BCUT2D eigenvalue weighted by atomic mass is 9.98. The van der Waals surface area contributed by atoms with Crippen LogP contribution in [-0.2, 0) is 6.42 Å². The summed E-state index contributed by atoms with van der Waals surface area (Å²) in [4.78, 5) is 12.2. The minimum absolute atomic E-state index is 0.0593. The van der Waals surface area contributed by atoms with Crippen LogP contribution < -0.4 is 10.6 Å². The highest BCUT2D eigenvalue weighted by Gasteiger charge is 2.22. The summed E-state index contributed by atoms with van der Waals surface area (Å²) in [6.45, 7) is 0.856. The number of nitrogens with one attached hydrogen (secondary N) is 2. The fraction of sp³-hybridized carbons (Fsp3) is 0.188. The zero-order valence-electron chi connectivity index (χ0n) is 10.9. The summed E-state index contributed by atoms with van der Waals surface area (Å²) in [5.41, 5.74) is 3.08. The minimum atomic E-state index is -0.135. The fourth-order valence-corrected chi connectivity index (χ4v) is 3.07. The molecule has 1 unspecified atom stereocenters. The van der Waals surface area contributed by atoms with Gasteiger partial charge in [-0.05, 0) is 35.7 Å². The first-order valence-electron chi connectivity index (χ1n) is 6.62. The number of carbonyl (C=O) groups is 1. The molecule has 2 N–H and O–H groups in total. The van der Waals surface area contributed by atoms with Gasteiger partial charge in [0.2, 0.25) is 0 Å². The van der Waals surface area contributed by atoms with Crippen molar-refractivity contribution < 1.29 is 4.79 Å². The standard InChI is InChI=1S/C16H15BrN2O/c17-14-8-4-7-13-12(14)9-10-18-15(13)19-16(20)11-5-2-1-3-6-11/h1-8,15,18H,9-10H2,(H,19,20). The number of amides is 1. The van der Waals surface area contributed by atoms with Crippen molar-refractivity contribution >= 4 is 21.8 Å². The monoisotopic (exact) mass is 330 g/mol. The molecule has 4 heteroatoms. The van der Waals surface area contributed by atoms with Crippen molar-refractivity contribution in [3.63, 3.8) is 0 Å². The molecule has 0 spiro atoms. The Hall–Kier alpha value is -1.65. The predicted molar refractivity (Wildman–Crippen MR) is 82.5 cm³/mol. The first kappa shape index (κ1) is 13.3. The molecule has 1 aliphatic rings. The minimum Gasteiger partial charge on any atom is -0.333 e. The van der Waals surface area contributed by atoms with Crippen LogP contribution in [0.3, 0.4) is 0 Å². The maximum atomic E-state index is 12.2. The van der Waals surface area contributed by atoms with Gasteiger partial charge in [-0.2, -0.15) is 0 Å². The summed E-state index contributed by atoms with van der Waals surface area (Å²) in [5.74, 6) is -0.0593. The molecular formula is C16H15BrN2O. The molecule has 0 saturated carbocycles. The van der Waals surface area contributed by atoms with E-state index in [1.165, 1.54) is 5.56 Å². The van der Waals surface area contributed by atoms with Gasteiger partial charge in [-0.3, -0.25) is 10.1 Å². The second-order valence-corrected chi connectivity index (χ2v) is 5.64. The van der Waals surface area contributed by atoms with Crippen molar-refractivity contribution in [1.82, 2.24) is 10.6 Å². The zero-order valence-corrected chi connectivity index (χ0v) is 12.5. The van der Waals surface area contributed by atoms with E-state index in [-0.39, 0.29) is 12.1 Å². The van der Waals surface area contributed by atoms with E-state index in [0.29, 0.717) is 5.56 Å². The lowest BCUT2D eigenvalue weighted by Crippen LogP contribution is -2.42. The molecule has 0 radical (unpaired) electrons. The maximum Gasteiger partial charge on any atom is 0.252 e. The van der Waals surface area contributed by atoms with Crippen LogP contribution in [0, 0.1) is 0 Å². The molecule has 0 saturated heterocycles. The van der Waals surface area contributed by atoms with Crippen LogP contribution >= 0.6 is 15.9 Å². The van der Waals surface area contributed by atoms with Crippen molar-refractivity contribution in [2.24, 2.45) is 0 Å². The average Bonchev–Trinajstić information content (AvgIpc) is 2.49. The van der Waals surface area contributed by atoms with Gasteiger partial charge in [0, 0.05) is 16.6 Å². The van der Waals surface area contributed by atoms with Gasteiger partial charge in [0.15, 0.2) is 0 Å². The average molecular weight is 331 g/mol. The third kappa shape index (κ3) is 2.62. The first-order chi connectivity index (χ1) is 9.75. The van der Waals surface area contributed by atoms with Gasteiger partial charge >= 0.3 is 0 Å². The van der Waals surface area contributed by atoms with Crippen LogP contribution in [0.4, 0.5) is 0 Å². The van der Waals surface area contributed by atoms with E-state index < -0.39 is 0 Å². The van der Waals surface area contributed by atoms with Gasteiger partial charge in [0.05, 0.1) is 0 Å². The highest BCUT2D eigenvalue weighted by Crippen LogP contribution is 2.27. The lowest BCUT2D eigenvalue weighted by molar-refractivity contribution is 0.0927. The molecule has 1 atom stereocenters. The van der Waals surface area contributed by atoms with Crippen molar-refractivity contribution in [3.8, 4) is 0 Å². The number of hydrogen-bond acceptors (Lipinski definition) is 2. The van der Waals surface area contributed by atoms with E-state index in [1.807, 2.05) is 42.5 Å². The Labute approximate surface area is 126 Å². The lowest BCUT2D eigenvalue weighted by Gasteiger charge is -2.28. The molecular weight excluding hydrogens is 316 g/mol. The largest absolute Gasteiger partial charge is 0.333 e. The van der Waals surface area contributed by atoms with Crippen LogP contribution in [-0.4, -0.2) is 12.5 Å². The van der Waals surface area contributed by atoms with Crippen LogP contribution in [0.15, 0.2) is 53.0 Å². The fourth-order valence-electron chi connectivity index (χ4n) is 2.49. The molecule has 1 amide bonds. The van der Waals surface area contributed by atoms with E-state index in [1.54, 1.807) is 0 Å². The summed E-state index contributed by atoms with van der Waals surface area (Å²) in [6, 6.07) is 15.4. The van der Waals surface area contributed by atoms with Gasteiger partial charge in [-0.1, -0.05) is 46.3 Å². The van der Waals surface area contributed by atoms with E-state index in [9.17, 15) is 4.79 Å². The van der Waals surface area contributed by atoms with Crippen molar-refractivity contribution in [1.29, 1.82) is 0 Å². The van der Waals surface area contributed by atoms with Crippen LogP contribution in [0.5, 0.6) is 0 Å². The van der Waals surface area contributed by atoms with Gasteiger partial charge in [-0.15, -0.1) is 0 Å². The molecule has 1 aliphatic heterocycles. The molecule has 0 bridgehead atoms. The van der Waals surface area contributed by atoms with E-state index in [4.69, 9.17) is 0 Å². The third-order valence-corrected chi connectivity index (χ3v) is 4.24. The Balaban J connectivity index is 1.84. The molecule has 2 aromatic carbocycles. The molecule has 0 aliphatic carbocycles. The number of fused-ring (bicyclic) bond motifs is 1. The van der Waals surface area contributed by atoms with Crippen molar-refractivity contribution in [3.05, 3.63) is 69.7 Å². The Morgan fingerprint density at radius 2 is 1.95 bits per heavy atom. The van der Waals surface area contributed by atoms with E-state index >= 15 is 0 Å². The highest BCUT2D eigenvalue weighted by molar-refractivity contribution is 9.10. The Kier molecular flexibility index (Phi) is 3.85. The zero-order chi connectivity index (χ0) is 13.9. The van der Waals surface area contributed by atoms with Gasteiger partial charge in [0.25, 0.3) is 5.91 Å². The summed E-state index contributed by atoms with van der Waals surface area (Å²) >= 11 is 3.58. The second kappa shape index (κ2) is 5.77. The number of carbonyl (C=O) groups excluding carboxylic acids is 1. The Morgan fingerprint density at radius 3 is 2.75 bits per heavy atom. The molecule has 2 aromatic rings. The quantitative estimate of drug-likeness (QED) is 0.888. The van der Waals surface area contributed by atoms with Crippen molar-refractivity contribution in [2.75, 3.05) is 6.54 Å². The summed E-state index contributed by atoms with van der Waals surface area (Å²) < 4.78 is 1.11. The number of halogens is 1. The van der Waals surface area contributed by atoms with Crippen LogP contribution in [0.1, 0.15) is 27.7 Å². The number of rotatable bonds is 2. The summed E-state index contributed by atoms with van der Waals surface area (Å²) in [6.07, 6.45) is 0.832. The smallest absolute Gasteiger partial charge is 0.252 e. The van der Waals surface area contributed by atoms with Crippen LogP contribution in [0.2, 0.25) is 0 Å². The topological polar surface area (TPSA) is 41.1 Å². The molecule has 1 heterocycles. The Morgan fingerprint density at radius 1 is 1.15 bits per heavy atom. The van der Waals surface area contributed by atoms with Crippen LogP contribution in [0.25, 0.3) is 0 Å². The second-order valence-electron chi connectivity index (χ2n) is 4.78. The third-order valence-electron chi connectivity index (χ3n) is 3.50. The normalized spacial score (nSPS) is 17.4. The van der Waals surface area contributed by atoms with Gasteiger partial charge in [0.1, 0.15) is 6.17 Å². The number of hydrogen-bond donors (Lipinski definition) is 2. The van der Waals surface area contributed by atoms with Crippen molar-refractivity contribution in [2.45, 2.75) is 12.6 Å². The molecule has 0 aromatic heterocycles. The summed E-state index contributed by atoms with van der Waals surface area (Å²) in [5, 5.41) is 6.40. The van der Waals surface area contributed by atoms with E-state index in [2.05, 4.69) is 32.6 Å². The van der Waals surface area contributed by atoms with E-state index in [0.717, 1.165) is 23.0 Å². The molecule has 3 rings (SSSR count). The first-order valence-corrected chi connectivity index (χ1v) is 7.41. The Bertz CT molecular complexity index is 628. The SMILES string of the molecule is O=C(NC1NCCc2c(Br)cccc21)c1ccccc1. The molecule has 20 heavy (non-hydrogen) atoms. The maximum absolute atomic E-state index is 12.2. The summed E-state index contributed by atoms with van der Waals surface area (Å²) in [7, 11) is 0. The number of benzene rings is 2. The van der Waals surface area contributed by atoms with Gasteiger partial charge < -0.3 is 5.32 Å². The molecule has 3 nitrogen and oxygen atoms in total.